The van der Waals surface area contributed by atoms with Gasteiger partial charge in [0.15, 0.2) is 0 Å². The Morgan fingerprint density at radius 2 is 1.56 bits per heavy atom. The normalized spacial score (nSPS) is 9.56. The molecule has 0 saturated heterocycles. The van der Waals surface area contributed by atoms with Crippen LogP contribution in [0.1, 0.15) is 11.1 Å². The number of rotatable bonds is 4. The minimum Gasteiger partial charge on any atom is -0.388 e. The molecule has 0 spiro atoms. The van der Waals surface area contributed by atoms with E-state index in [4.69, 9.17) is 10.00 Å². The van der Waals surface area contributed by atoms with Crippen molar-refractivity contribution < 1.29 is 4.74 Å². The Balaban J connectivity index is 2.06. The van der Waals surface area contributed by atoms with Crippen LogP contribution in [0.15, 0.2) is 48.5 Å². The molecule has 0 aliphatic carbocycles. The van der Waals surface area contributed by atoms with E-state index in [9.17, 15) is 0 Å². The zero-order valence-electron chi connectivity index (χ0n) is 9.56. The number of nitrogens with zero attached hydrogens (tertiary/aromatic N) is 1. The summed E-state index contributed by atoms with van der Waals surface area (Å²) in [6, 6.07) is 15.8. The number of ether oxygens (including phenoxy) is 1. The van der Waals surface area contributed by atoms with Crippen molar-refractivity contribution in [2.45, 2.75) is 6.42 Å². The van der Waals surface area contributed by atoms with Gasteiger partial charge in [-0.15, -0.1) is 5.26 Å². The maximum absolute atomic E-state index is 8.39. The van der Waals surface area contributed by atoms with Crippen molar-refractivity contribution in [3.05, 3.63) is 59.7 Å². The molecule has 0 amide bonds. The number of anilines is 1. The summed E-state index contributed by atoms with van der Waals surface area (Å²) in [4.78, 5) is 0. The van der Waals surface area contributed by atoms with Gasteiger partial charge >= 0.3 is 0 Å². The Bertz CT molecular complexity index is 544. The molecule has 0 saturated carbocycles. The van der Waals surface area contributed by atoms with Crippen LogP contribution in [0.4, 0.5) is 5.69 Å². The summed E-state index contributed by atoms with van der Waals surface area (Å²) in [6.07, 6.45) is 2.53. The second-order valence-corrected chi connectivity index (χ2v) is 4.34. The van der Waals surface area contributed by atoms with Crippen molar-refractivity contribution >= 4 is 28.6 Å². The van der Waals surface area contributed by atoms with Gasteiger partial charge in [0.05, 0.1) is 22.9 Å². The van der Waals surface area contributed by atoms with E-state index in [2.05, 4.69) is 50.7 Å². The lowest BCUT2D eigenvalue weighted by atomic mass is 10.0. The van der Waals surface area contributed by atoms with Crippen LogP contribution in [0, 0.1) is 11.5 Å². The topological polar surface area (TPSA) is 45.0 Å². The molecule has 0 unspecified atom stereocenters. The van der Waals surface area contributed by atoms with E-state index in [0.29, 0.717) is 5.75 Å². The molecule has 0 aliphatic heterocycles. The summed E-state index contributed by atoms with van der Waals surface area (Å²) in [6.45, 7) is 0. The third-order valence-corrected chi connectivity index (χ3v) is 3.18. The fourth-order valence-corrected chi connectivity index (χ4v) is 2.01. The molecule has 2 rings (SSSR count). The zero-order chi connectivity index (χ0) is 12.8. The van der Waals surface area contributed by atoms with E-state index in [-0.39, 0.29) is 0 Å². The summed E-state index contributed by atoms with van der Waals surface area (Å²) in [5.74, 6) is 0.575. The summed E-state index contributed by atoms with van der Waals surface area (Å²) < 4.78 is 7.80. The smallest absolute Gasteiger partial charge is 0.292 e. The van der Waals surface area contributed by atoms with Crippen molar-refractivity contribution in [2.75, 3.05) is 3.53 Å². The third-order valence-electron chi connectivity index (χ3n) is 2.56. The lowest BCUT2D eigenvalue weighted by Gasteiger charge is -2.04. The van der Waals surface area contributed by atoms with Crippen molar-refractivity contribution in [1.29, 1.82) is 5.26 Å². The predicted octanol–water partition coefficient (Wildman–Crippen LogP) is 3.90. The van der Waals surface area contributed by atoms with Crippen LogP contribution in [0.3, 0.4) is 0 Å². The van der Waals surface area contributed by atoms with Crippen molar-refractivity contribution in [2.24, 2.45) is 0 Å². The highest BCUT2D eigenvalue weighted by molar-refractivity contribution is 14.1. The standard InChI is InChI=1S/C14H11IN2O/c15-17-13-5-1-11(2-6-13)9-12-3-7-14(8-4-12)18-10-16/h1-8,17H,9H2. The van der Waals surface area contributed by atoms with Crippen LogP contribution >= 0.6 is 22.9 Å². The molecule has 0 bridgehead atoms. The first kappa shape index (κ1) is 12.7. The number of hydrogen-bond donors (Lipinski definition) is 1. The molecular weight excluding hydrogens is 339 g/mol. The van der Waals surface area contributed by atoms with E-state index in [1.165, 1.54) is 11.1 Å². The first-order valence-corrected chi connectivity index (χ1v) is 6.50. The highest BCUT2D eigenvalue weighted by atomic mass is 127. The largest absolute Gasteiger partial charge is 0.388 e. The molecule has 0 aromatic heterocycles. The Morgan fingerprint density at radius 1 is 1.00 bits per heavy atom. The van der Waals surface area contributed by atoms with E-state index in [1.54, 1.807) is 18.4 Å². The fraction of sp³-hybridized carbons (Fsp3) is 0.0714. The van der Waals surface area contributed by atoms with Crippen LogP contribution in [0.25, 0.3) is 0 Å². The lowest BCUT2D eigenvalue weighted by molar-refractivity contribution is 0.507. The first-order valence-electron chi connectivity index (χ1n) is 5.42. The number of halogens is 1. The number of nitrogens with one attached hydrogen (secondary N) is 1. The molecule has 0 atom stereocenters. The molecule has 18 heavy (non-hydrogen) atoms. The molecule has 0 radical (unpaired) electrons. The van der Waals surface area contributed by atoms with Gasteiger partial charge < -0.3 is 8.27 Å². The zero-order valence-corrected chi connectivity index (χ0v) is 11.7. The first-order chi connectivity index (χ1) is 8.81. The molecule has 2 aromatic rings. The Labute approximate surface area is 120 Å². The van der Waals surface area contributed by atoms with E-state index in [0.717, 1.165) is 12.1 Å². The average molecular weight is 350 g/mol. The second-order valence-electron chi connectivity index (χ2n) is 3.81. The molecule has 4 heteroatoms. The number of nitriles is 1. The fourth-order valence-electron chi connectivity index (χ4n) is 1.65. The van der Waals surface area contributed by atoms with E-state index in [1.807, 2.05) is 12.1 Å². The number of benzene rings is 2. The van der Waals surface area contributed by atoms with Gasteiger partial charge in [-0.05, 0) is 41.8 Å². The minimum absolute atomic E-state index is 0.575. The highest BCUT2D eigenvalue weighted by Gasteiger charge is 1.98. The van der Waals surface area contributed by atoms with Gasteiger partial charge in [-0.25, -0.2) is 0 Å². The van der Waals surface area contributed by atoms with Gasteiger partial charge in [0, 0.05) is 5.69 Å². The maximum Gasteiger partial charge on any atom is 0.292 e. The van der Waals surface area contributed by atoms with Gasteiger partial charge in [-0.2, -0.15) is 0 Å². The SMILES string of the molecule is N#COc1ccc(Cc2ccc(NI)cc2)cc1. The van der Waals surface area contributed by atoms with Crippen molar-refractivity contribution in [3.8, 4) is 12.0 Å². The second kappa shape index (κ2) is 6.26. The van der Waals surface area contributed by atoms with Gasteiger partial charge in [0.2, 0.25) is 0 Å². The summed E-state index contributed by atoms with van der Waals surface area (Å²) in [7, 11) is 0. The summed E-state index contributed by atoms with van der Waals surface area (Å²) in [5, 5.41) is 8.39. The summed E-state index contributed by atoms with van der Waals surface area (Å²) >= 11 is 2.11. The van der Waals surface area contributed by atoms with Gasteiger partial charge in [-0.1, -0.05) is 24.3 Å². The molecule has 2 aromatic carbocycles. The minimum atomic E-state index is 0.575. The highest BCUT2D eigenvalue weighted by Crippen LogP contribution is 2.17. The van der Waals surface area contributed by atoms with Crippen LogP contribution in [0.5, 0.6) is 5.75 Å². The average Bonchev–Trinajstić information content (AvgIpc) is 2.42. The lowest BCUT2D eigenvalue weighted by Crippen LogP contribution is -1.89. The Morgan fingerprint density at radius 3 is 2.06 bits per heavy atom. The predicted molar refractivity (Wildman–Crippen MR) is 79.6 cm³/mol. The molecule has 0 aliphatic rings. The van der Waals surface area contributed by atoms with Crippen molar-refractivity contribution in [3.63, 3.8) is 0 Å². The van der Waals surface area contributed by atoms with Gasteiger partial charge in [0.1, 0.15) is 5.75 Å². The molecule has 90 valence electrons. The molecule has 1 N–H and O–H groups in total. The maximum atomic E-state index is 8.39. The Hall–Kier alpha value is -1.74. The quantitative estimate of drug-likeness (QED) is 0.517. The Kier molecular flexibility index (Phi) is 4.42. The molecule has 0 heterocycles. The van der Waals surface area contributed by atoms with Crippen LogP contribution in [0.2, 0.25) is 0 Å². The van der Waals surface area contributed by atoms with Gasteiger partial charge in [-0.3, -0.25) is 0 Å². The molecular formula is C14H11IN2O. The third kappa shape index (κ3) is 3.37. The van der Waals surface area contributed by atoms with Crippen molar-refractivity contribution in [1.82, 2.24) is 0 Å². The molecule has 3 nitrogen and oxygen atoms in total. The monoisotopic (exact) mass is 350 g/mol. The van der Waals surface area contributed by atoms with Crippen LogP contribution in [-0.4, -0.2) is 0 Å². The van der Waals surface area contributed by atoms with Gasteiger partial charge in [0.25, 0.3) is 6.26 Å². The van der Waals surface area contributed by atoms with Crippen LogP contribution < -0.4 is 8.27 Å². The van der Waals surface area contributed by atoms with Crippen LogP contribution in [-0.2, 0) is 6.42 Å². The molecule has 0 fully saturated rings. The summed E-state index contributed by atoms with van der Waals surface area (Å²) in [5.41, 5.74) is 3.53. The number of hydrogen-bond acceptors (Lipinski definition) is 3. The van der Waals surface area contributed by atoms with E-state index < -0.39 is 0 Å². The van der Waals surface area contributed by atoms with E-state index >= 15 is 0 Å².